The Morgan fingerprint density at radius 3 is 2.19 bits per heavy atom. The van der Waals surface area contributed by atoms with Crippen molar-refractivity contribution >= 4 is 8.07 Å². The van der Waals surface area contributed by atoms with Crippen molar-refractivity contribution in [1.29, 1.82) is 0 Å². The maximum absolute atomic E-state index is 2.82. The Balaban J connectivity index is 2.48. The van der Waals surface area contributed by atoms with E-state index >= 15 is 0 Å². The van der Waals surface area contributed by atoms with Crippen molar-refractivity contribution in [2.45, 2.75) is 90.3 Å². The van der Waals surface area contributed by atoms with E-state index in [1.165, 1.54) is 32.1 Å². The van der Waals surface area contributed by atoms with E-state index in [1.54, 1.807) is 0 Å². The molecule has 4 unspecified atom stereocenters. The molecule has 0 aromatic rings. The molecule has 1 rings (SSSR count). The molecule has 1 aliphatic heterocycles. The topological polar surface area (TPSA) is 3.01 Å². The van der Waals surface area contributed by atoms with Crippen molar-refractivity contribution in [3.63, 3.8) is 0 Å². The highest BCUT2D eigenvalue weighted by atomic mass is 28.3. The molecule has 0 spiro atoms. The maximum atomic E-state index is 2.82. The summed E-state index contributed by atoms with van der Waals surface area (Å²) >= 11 is 0. The molecule has 1 aliphatic rings. The summed E-state index contributed by atoms with van der Waals surface area (Å²) in [5.41, 5.74) is 0.972. The predicted octanol–water partition coefficient (Wildman–Crippen LogP) is 4.30. The molecule has 0 aliphatic carbocycles. The third-order valence-electron chi connectivity index (χ3n) is 4.07. The van der Waals surface area contributed by atoms with Crippen LogP contribution in [0.1, 0.15) is 52.9 Å². The summed E-state index contributed by atoms with van der Waals surface area (Å²) in [5, 5.41) is 0. The van der Waals surface area contributed by atoms with E-state index in [1.807, 2.05) is 0 Å². The van der Waals surface area contributed by atoms with Crippen LogP contribution in [0.5, 0.6) is 0 Å². The second kappa shape index (κ2) is 5.68. The molecule has 4 atom stereocenters. The number of hydrogen-bond acceptors (Lipinski definition) is 1. The van der Waals surface area contributed by atoms with Crippen LogP contribution in [0.2, 0.25) is 19.6 Å². The van der Waals surface area contributed by atoms with Crippen molar-refractivity contribution < 1.29 is 0 Å². The lowest BCUT2D eigenvalue weighted by molar-refractivity contribution is 0.367. The summed E-state index contributed by atoms with van der Waals surface area (Å²) in [6.07, 6.45) is 6.98. The van der Waals surface area contributed by atoms with Gasteiger partial charge < -0.3 is 0 Å². The molecule has 0 N–H and O–H groups in total. The summed E-state index contributed by atoms with van der Waals surface area (Å²) in [7, 11) is -0.963. The van der Waals surface area contributed by atoms with Gasteiger partial charge in [-0.15, -0.1) is 0 Å². The largest absolute Gasteiger partial charge is 0.295 e. The van der Waals surface area contributed by atoms with Crippen molar-refractivity contribution in [2.24, 2.45) is 0 Å². The maximum Gasteiger partial charge on any atom is 0.0659 e. The minimum atomic E-state index is -0.963. The van der Waals surface area contributed by atoms with Crippen LogP contribution in [-0.2, 0) is 0 Å². The lowest BCUT2D eigenvalue weighted by atomic mass is 10.1. The van der Waals surface area contributed by atoms with Crippen LogP contribution in [0.25, 0.3) is 0 Å². The predicted molar refractivity (Wildman–Crippen MR) is 76.7 cm³/mol. The molecule has 0 aromatic carbocycles. The van der Waals surface area contributed by atoms with Gasteiger partial charge in [0, 0.05) is 17.7 Å². The SMILES string of the molecule is CCCCCC1C([Si](C)(C)C)N1C(C)CC. The third-order valence-corrected chi connectivity index (χ3v) is 6.53. The highest BCUT2D eigenvalue weighted by molar-refractivity contribution is 6.78. The lowest BCUT2D eigenvalue weighted by Gasteiger charge is -2.18. The second-order valence-electron chi connectivity index (χ2n) is 6.58. The molecule has 16 heavy (non-hydrogen) atoms. The smallest absolute Gasteiger partial charge is 0.0659 e. The van der Waals surface area contributed by atoms with Crippen LogP contribution < -0.4 is 0 Å². The summed E-state index contributed by atoms with van der Waals surface area (Å²) in [4.78, 5) is 2.82. The van der Waals surface area contributed by atoms with Gasteiger partial charge in [-0.05, 0) is 19.8 Å². The molecular formula is C14H31NSi. The fourth-order valence-electron chi connectivity index (χ4n) is 3.05. The van der Waals surface area contributed by atoms with Crippen LogP contribution >= 0.6 is 0 Å². The van der Waals surface area contributed by atoms with Gasteiger partial charge >= 0.3 is 0 Å². The zero-order valence-electron chi connectivity index (χ0n) is 12.2. The minimum Gasteiger partial charge on any atom is -0.295 e. The number of rotatable bonds is 7. The fourth-order valence-corrected chi connectivity index (χ4v) is 5.79. The van der Waals surface area contributed by atoms with Crippen LogP contribution in [0, 0.1) is 0 Å². The number of unbranched alkanes of at least 4 members (excludes halogenated alkanes) is 2. The Labute approximate surface area is 104 Å². The van der Waals surface area contributed by atoms with Gasteiger partial charge in [0.2, 0.25) is 0 Å². The first-order valence-electron chi connectivity index (χ1n) is 7.20. The Hall–Kier alpha value is 0.177. The standard InChI is InChI=1S/C14H31NSi/c1-7-9-10-11-13-14(16(4,5)6)15(13)12(3)8-2/h12-14H,7-11H2,1-6H3. The van der Waals surface area contributed by atoms with E-state index in [0.29, 0.717) is 0 Å². The first kappa shape index (κ1) is 14.2. The van der Waals surface area contributed by atoms with Gasteiger partial charge in [0.25, 0.3) is 0 Å². The van der Waals surface area contributed by atoms with E-state index in [0.717, 1.165) is 17.7 Å². The number of nitrogens with zero attached hydrogens (tertiary/aromatic N) is 1. The molecule has 1 fully saturated rings. The summed E-state index contributed by atoms with van der Waals surface area (Å²) < 4.78 is 0. The average Bonchev–Trinajstić information content (AvgIpc) is 2.91. The van der Waals surface area contributed by atoms with Crippen molar-refractivity contribution in [1.82, 2.24) is 4.90 Å². The molecule has 0 amide bonds. The van der Waals surface area contributed by atoms with Gasteiger partial charge in [-0.3, -0.25) is 4.90 Å². The molecule has 96 valence electrons. The third kappa shape index (κ3) is 3.33. The van der Waals surface area contributed by atoms with E-state index in [9.17, 15) is 0 Å². The van der Waals surface area contributed by atoms with Gasteiger partial charge in [-0.1, -0.05) is 52.8 Å². The lowest BCUT2D eigenvalue weighted by Crippen LogP contribution is -2.34. The van der Waals surface area contributed by atoms with E-state index in [-0.39, 0.29) is 0 Å². The van der Waals surface area contributed by atoms with Crippen LogP contribution in [-0.4, -0.2) is 30.7 Å². The van der Waals surface area contributed by atoms with Gasteiger partial charge in [0.05, 0.1) is 8.07 Å². The average molecular weight is 241 g/mol. The normalized spacial score (nSPS) is 31.5. The van der Waals surface area contributed by atoms with E-state index in [2.05, 4.69) is 45.3 Å². The first-order chi connectivity index (χ1) is 7.43. The molecular weight excluding hydrogens is 210 g/mol. The van der Waals surface area contributed by atoms with Gasteiger partial charge in [-0.25, -0.2) is 0 Å². The van der Waals surface area contributed by atoms with Crippen molar-refractivity contribution in [3.05, 3.63) is 0 Å². The quantitative estimate of drug-likeness (QED) is 0.365. The molecule has 1 heterocycles. The molecule has 1 saturated heterocycles. The van der Waals surface area contributed by atoms with Gasteiger partial charge in [0.15, 0.2) is 0 Å². The van der Waals surface area contributed by atoms with E-state index in [4.69, 9.17) is 0 Å². The number of hydrogen-bond donors (Lipinski definition) is 0. The van der Waals surface area contributed by atoms with E-state index < -0.39 is 8.07 Å². The molecule has 0 aromatic heterocycles. The molecule has 0 radical (unpaired) electrons. The van der Waals surface area contributed by atoms with Gasteiger partial charge in [-0.2, -0.15) is 0 Å². The molecule has 0 bridgehead atoms. The van der Waals surface area contributed by atoms with Crippen LogP contribution in [0.4, 0.5) is 0 Å². The van der Waals surface area contributed by atoms with Crippen LogP contribution in [0.15, 0.2) is 0 Å². The second-order valence-corrected chi connectivity index (χ2v) is 11.9. The molecule has 2 heteroatoms. The highest BCUT2D eigenvalue weighted by Crippen LogP contribution is 2.41. The Morgan fingerprint density at radius 1 is 1.12 bits per heavy atom. The highest BCUT2D eigenvalue weighted by Gasteiger charge is 2.54. The summed E-state index contributed by atoms with van der Waals surface area (Å²) in [6.45, 7) is 14.6. The zero-order chi connectivity index (χ0) is 12.3. The van der Waals surface area contributed by atoms with Gasteiger partial charge in [0.1, 0.15) is 0 Å². The first-order valence-corrected chi connectivity index (χ1v) is 10.8. The minimum absolute atomic E-state index is 0.809. The Morgan fingerprint density at radius 2 is 1.75 bits per heavy atom. The Bertz CT molecular complexity index is 209. The van der Waals surface area contributed by atoms with Crippen molar-refractivity contribution in [2.75, 3.05) is 0 Å². The molecule has 1 nitrogen and oxygen atoms in total. The van der Waals surface area contributed by atoms with Crippen molar-refractivity contribution in [3.8, 4) is 0 Å². The zero-order valence-corrected chi connectivity index (χ0v) is 13.2. The molecule has 0 saturated carbocycles. The summed E-state index contributed by atoms with van der Waals surface area (Å²) in [5.74, 6) is 0. The summed E-state index contributed by atoms with van der Waals surface area (Å²) in [6, 6.07) is 1.75. The Kier molecular flexibility index (Phi) is 5.05. The fraction of sp³-hybridized carbons (Fsp3) is 1.00. The van der Waals surface area contributed by atoms with Crippen LogP contribution in [0.3, 0.4) is 0 Å². The monoisotopic (exact) mass is 241 g/mol.